The quantitative estimate of drug-likeness (QED) is 0.309. The number of Topliss-reactive ketones (excluding diaryl/α,β-unsaturated/α-hetero) is 1. The Labute approximate surface area is 233 Å². The maximum absolute atomic E-state index is 13.2. The van der Waals surface area contributed by atoms with Crippen molar-refractivity contribution in [3.63, 3.8) is 0 Å². The Morgan fingerprint density at radius 2 is 1.73 bits per heavy atom. The van der Waals surface area contributed by atoms with Crippen molar-refractivity contribution >= 4 is 27.7 Å². The minimum Gasteiger partial charge on any atom is -0.382 e. The molecule has 0 amide bonds. The van der Waals surface area contributed by atoms with E-state index in [4.69, 9.17) is 16.7 Å². The number of benzene rings is 2. The number of rotatable bonds is 11. The Kier molecular flexibility index (Phi) is 9.69. The van der Waals surface area contributed by atoms with Gasteiger partial charge in [-0.15, -0.1) is 5.10 Å². The fourth-order valence-electron chi connectivity index (χ4n) is 3.72. The van der Waals surface area contributed by atoms with Gasteiger partial charge in [0.2, 0.25) is 0 Å². The molecule has 0 spiro atoms. The van der Waals surface area contributed by atoms with Crippen molar-refractivity contribution in [2.45, 2.75) is 43.9 Å². The van der Waals surface area contributed by atoms with Crippen LogP contribution in [0.1, 0.15) is 23.5 Å². The van der Waals surface area contributed by atoms with Crippen molar-refractivity contribution in [3.8, 4) is 11.4 Å². The highest BCUT2D eigenvalue weighted by Crippen LogP contribution is 2.32. The normalized spacial score (nSPS) is 14.2. The predicted octanol–water partition coefficient (Wildman–Crippen LogP) is 3.27. The second kappa shape index (κ2) is 12.3. The van der Waals surface area contributed by atoms with Gasteiger partial charge in [-0.3, -0.25) is 13.5 Å². The van der Waals surface area contributed by atoms with Gasteiger partial charge in [0.15, 0.2) is 17.7 Å². The van der Waals surface area contributed by atoms with Gasteiger partial charge in [-0.25, -0.2) is 14.6 Å². The summed E-state index contributed by atoms with van der Waals surface area (Å²) < 4.78 is 107. The summed E-state index contributed by atoms with van der Waals surface area (Å²) in [5.41, 5.74) is -2.31. The molecule has 3 rings (SSSR count). The number of hydrogen-bond acceptors (Lipinski definition) is 7. The van der Waals surface area contributed by atoms with E-state index in [0.29, 0.717) is 15.3 Å². The standard InChI is InChI=1S/C23H21ClF6N4O6S/c24-17-6-4-13(5-7-17)20-32-34(21(37)33(20)11-19(36)23(28,29)30)10-18(35)9-15(12-40-41(31,38)39)14-2-1-3-16(8-14)22(25,26)27/h1-8,15,19,36H,9-12H2,(H2,31,38,39)/t15?,19-/m0/s1. The van der Waals surface area contributed by atoms with Crippen LogP contribution < -0.4 is 10.8 Å². The van der Waals surface area contributed by atoms with Gasteiger partial charge in [0.25, 0.3) is 0 Å². The molecule has 3 N–H and O–H groups in total. The molecule has 0 aliphatic rings. The Morgan fingerprint density at radius 3 is 2.29 bits per heavy atom. The van der Waals surface area contributed by atoms with E-state index in [0.717, 1.165) is 12.1 Å². The van der Waals surface area contributed by atoms with Crippen molar-refractivity contribution in [2.75, 3.05) is 6.61 Å². The van der Waals surface area contributed by atoms with Crippen LogP contribution in [0.15, 0.2) is 53.3 Å². The second-order valence-electron chi connectivity index (χ2n) is 8.78. The third-order valence-electron chi connectivity index (χ3n) is 5.68. The number of hydrogen-bond donors (Lipinski definition) is 2. The lowest BCUT2D eigenvalue weighted by Gasteiger charge is -2.18. The topological polar surface area (TPSA) is 147 Å². The van der Waals surface area contributed by atoms with Gasteiger partial charge in [-0.05, 0) is 35.9 Å². The predicted molar refractivity (Wildman–Crippen MR) is 132 cm³/mol. The SMILES string of the molecule is NS(=O)(=O)OCC(CC(=O)Cn1nc(-c2ccc(Cl)cc2)n(C[C@H](O)C(F)(F)F)c1=O)c1cccc(C(F)(F)F)c1. The average Bonchev–Trinajstić information content (AvgIpc) is 3.15. The van der Waals surface area contributed by atoms with E-state index >= 15 is 0 Å². The molecule has 0 aliphatic carbocycles. The molecule has 0 fully saturated rings. The lowest BCUT2D eigenvalue weighted by molar-refractivity contribution is -0.207. The molecule has 0 aliphatic heterocycles. The zero-order valence-corrected chi connectivity index (χ0v) is 22.1. The van der Waals surface area contributed by atoms with Gasteiger partial charge in [0.1, 0.15) is 6.54 Å². The minimum atomic E-state index is -5.09. The molecule has 10 nitrogen and oxygen atoms in total. The van der Waals surface area contributed by atoms with Gasteiger partial charge >= 0.3 is 28.3 Å². The second-order valence-corrected chi connectivity index (χ2v) is 10.4. The van der Waals surface area contributed by atoms with Gasteiger partial charge in [0, 0.05) is 22.9 Å². The van der Waals surface area contributed by atoms with Gasteiger partial charge in [0.05, 0.1) is 18.7 Å². The summed E-state index contributed by atoms with van der Waals surface area (Å²) in [5.74, 6) is -2.49. The van der Waals surface area contributed by atoms with Crippen molar-refractivity contribution in [1.29, 1.82) is 0 Å². The summed E-state index contributed by atoms with van der Waals surface area (Å²) in [6, 6.07) is 9.05. The van der Waals surface area contributed by atoms with Crippen LogP contribution in [0.2, 0.25) is 5.02 Å². The number of aromatic nitrogens is 3. The van der Waals surface area contributed by atoms with Crippen LogP contribution in [0.3, 0.4) is 0 Å². The number of carbonyl (C=O) groups excluding carboxylic acids is 1. The molecule has 1 heterocycles. The number of halogens is 7. The fourth-order valence-corrected chi connectivity index (χ4v) is 4.20. The summed E-state index contributed by atoms with van der Waals surface area (Å²) in [4.78, 5) is 25.9. The van der Waals surface area contributed by atoms with Crippen LogP contribution in [0.25, 0.3) is 11.4 Å². The summed E-state index contributed by atoms with van der Waals surface area (Å²) in [6.45, 7) is -2.95. The number of nitrogens with zero attached hydrogens (tertiary/aromatic N) is 3. The highest BCUT2D eigenvalue weighted by atomic mass is 35.5. The lowest BCUT2D eigenvalue weighted by Crippen LogP contribution is -2.37. The number of aliphatic hydroxyl groups is 1. The van der Waals surface area contributed by atoms with Crippen LogP contribution in [0, 0.1) is 0 Å². The molecule has 0 saturated heterocycles. The number of carbonyl (C=O) groups is 1. The maximum Gasteiger partial charge on any atom is 0.416 e. The Bertz CT molecular complexity index is 1550. The molecule has 0 saturated carbocycles. The minimum absolute atomic E-state index is 0.121. The van der Waals surface area contributed by atoms with Gasteiger partial charge < -0.3 is 5.11 Å². The summed E-state index contributed by atoms with van der Waals surface area (Å²) in [6.07, 6.45) is -13.5. The summed E-state index contributed by atoms with van der Waals surface area (Å²) >= 11 is 5.83. The van der Waals surface area contributed by atoms with E-state index in [9.17, 15) is 49.5 Å². The monoisotopic (exact) mass is 630 g/mol. The Morgan fingerprint density at radius 1 is 1.10 bits per heavy atom. The highest BCUT2D eigenvalue weighted by Gasteiger charge is 2.39. The number of aliphatic hydroxyl groups excluding tert-OH is 1. The largest absolute Gasteiger partial charge is 0.416 e. The van der Waals surface area contributed by atoms with Gasteiger partial charge in [-0.1, -0.05) is 29.8 Å². The fraction of sp³-hybridized carbons (Fsp3) is 0.348. The van der Waals surface area contributed by atoms with Crippen molar-refractivity contribution in [3.05, 3.63) is 75.2 Å². The third kappa shape index (κ3) is 8.87. The number of alkyl halides is 6. The molecule has 1 aromatic heterocycles. The molecule has 41 heavy (non-hydrogen) atoms. The molecular formula is C23H21ClF6N4O6S. The number of nitrogens with two attached hydrogens (primary N) is 1. The highest BCUT2D eigenvalue weighted by molar-refractivity contribution is 7.84. The third-order valence-corrected chi connectivity index (χ3v) is 6.39. The molecular weight excluding hydrogens is 610 g/mol. The molecule has 224 valence electrons. The van der Waals surface area contributed by atoms with E-state index in [1.807, 2.05) is 0 Å². The first kappa shape index (κ1) is 32.3. The summed E-state index contributed by atoms with van der Waals surface area (Å²) in [7, 11) is -4.56. The zero-order chi connectivity index (χ0) is 30.8. The van der Waals surface area contributed by atoms with Crippen LogP contribution in [0.5, 0.6) is 0 Å². The van der Waals surface area contributed by atoms with E-state index < -0.39 is 77.8 Å². The van der Waals surface area contributed by atoms with Crippen LogP contribution in [0.4, 0.5) is 26.3 Å². The van der Waals surface area contributed by atoms with E-state index in [1.165, 1.54) is 30.3 Å². The maximum atomic E-state index is 13.2. The summed E-state index contributed by atoms with van der Waals surface area (Å²) in [5, 5.41) is 18.5. The van der Waals surface area contributed by atoms with E-state index in [2.05, 4.69) is 9.28 Å². The molecule has 1 unspecified atom stereocenters. The van der Waals surface area contributed by atoms with Crippen molar-refractivity contribution in [1.82, 2.24) is 14.3 Å². The lowest BCUT2D eigenvalue weighted by atomic mass is 9.93. The van der Waals surface area contributed by atoms with Crippen LogP contribution >= 0.6 is 11.6 Å². The molecule has 2 aromatic carbocycles. The Hall–Kier alpha value is -3.25. The zero-order valence-electron chi connectivity index (χ0n) is 20.6. The average molecular weight is 631 g/mol. The molecule has 18 heteroatoms. The molecule has 0 radical (unpaired) electrons. The van der Waals surface area contributed by atoms with Gasteiger partial charge in [-0.2, -0.15) is 34.8 Å². The first-order valence-corrected chi connectivity index (χ1v) is 13.2. The molecule has 2 atom stereocenters. The molecule has 0 bridgehead atoms. The van der Waals surface area contributed by atoms with Crippen molar-refractivity contribution in [2.24, 2.45) is 5.14 Å². The Balaban J connectivity index is 1.95. The molecule has 3 aromatic rings. The van der Waals surface area contributed by atoms with E-state index in [-0.39, 0.29) is 22.0 Å². The van der Waals surface area contributed by atoms with Crippen molar-refractivity contribution < 1.29 is 48.8 Å². The smallest absolute Gasteiger partial charge is 0.382 e. The first-order valence-electron chi connectivity index (χ1n) is 11.4. The number of ketones is 1. The van der Waals surface area contributed by atoms with E-state index in [1.54, 1.807) is 0 Å². The van der Waals surface area contributed by atoms with Crippen LogP contribution in [-0.4, -0.2) is 52.5 Å². The van der Waals surface area contributed by atoms with Crippen LogP contribution in [-0.2, 0) is 38.5 Å². The first-order chi connectivity index (χ1) is 18.8.